The molecule has 1 aromatic rings. The molecule has 0 saturated carbocycles. The first-order chi connectivity index (χ1) is 17.1. The molecular formula is C21H35N7O7S. The van der Waals surface area contributed by atoms with Crippen molar-refractivity contribution in [1.82, 2.24) is 25.9 Å². The largest absolute Gasteiger partial charge is 0.481 e. The number of aliphatic carboxylic acids is 2. The third-order valence-electron chi connectivity index (χ3n) is 5.15. The highest BCUT2D eigenvalue weighted by Gasteiger charge is 2.31. The number of thioether (sulfide) groups is 1. The van der Waals surface area contributed by atoms with Gasteiger partial charge in [-0.3, -0.25) is 19.2 Å². The van der Waals surface area contributed by atoms with Crippen LogP contribution in [0.3, 0.4) is 0 Å². The summed E-state index contributed by atoms with van der Waals surface area (Å²) in [6.45, 7) is 0.350. The summed E-state index contributed by atoms with van der Waals surface area (Å²) < 4.78 is 0. The highest BCUT2D eigenvalue weighted by atomic mass is 32.2. The van der Waals surface area contributed by atoms with Gasteiger partial charge in [0.2, 0.25) is 17.7 Å². The van der Waals surface area contributed by atoms with Crippen LogP contribution in [0.4, 0.5) is 0 Å². The highest BCUT2D eigenvalue weighted by Crippen LogP contribution is 2.06. The van der Waals surface area contributed by atoms with E-state index in [9.17, 15) is 34.2 Å². The molecular weight excluding hydrogens is 494 g/mol. The predicted molar refractivity (Wildman–Crippen MR) is 132 cm³/mol. The van der Waals surface area contributed by atoms with Gasteiger partial charge in [-0.25, -0.2) is 9.78 Å². The number of aromatic nitrogens is 2. The second-order valence-electron chi connectivity index (χ2n) is 8.07. The van der Waals surface area contributed by atoms with Gasteiger partial charge in [-0.05, 0) is 44.2 Å². The fraction of sp³-hybridized carbons (Fsp3) is 0.619. The first-order valence-electron chi connectivity index (χ1n) is 11.4. The molecule has 0 radical (unpaired) electrons. The van der Waals surface area contributed by atoms with Gasteiger partial charge < -0.3 is 42.6 Å². The Labute approximate surface area is 212 Å². The molecule has 36 heavy (non-hydrogen) atoms. The van der Waals surface area contributed by atoms with E-state index in [0.29, 0.717) is 37.3 Å². The zero-order valence-electron chi connectivity index (χ0n) is 20.1. The maximum absolute atomic E-state index is 13.1. The normalized spacial score (nSPS) is 14.2. The molecule has 15 heteroatoms. The van der Waals surface area contributed by atoms with Crippen molar-refractivity contribution in [2.45, 2.75) is 62.7 Å². The number of unbranched alkanes of at least 4 members (excludes halogenated alkanes) is 1. The Kier molecular flexibility index (Phi) is 14.1. The molecule has 1 heterocycles. The number of aromatic amines is 1. The summed E-state index contributed by atoms with van der Waals surface area (Å²) >= 11 is 1.51. The average molecular weight is 530 g/mol. The lowest BCUT2D eigenvalue weighted by Crippen LogP contribution is -2.58. The Morgan fingerprint density at radius 1 is 1.00 bits per heavy atom. The second kappa shape index (κ2) is 16.5. The van der Waals surface area contributed by atoms with Crippen molar-refractivity contribution in [2.75, 3.05) is 18.6 Å². The number of nitrogens with one attached hydrogen (secondary N) is 4. The van der Waals surface area contributed by atoms with Gasteiger partial charge in [0, 0.05) is 18.3 Å². The van der Waals surface area contributed by atoms with Crippen molar-refractivity contribution >= 4 is 41.4 Å². The molecule has 0 aliphatic carbocycles. The van der Waals surface area contributed by atoms with Gasteiger partial charge in [0.1, 0.15) is 18.1 Å². The van der Waals surface area contributed by atoms with Gasteiger partial charge in [-0.15, -0.1) is 0 Å². The van der Waals surface area contributed by atoms with E-state index in [1.54, 1.807) is 0 Å². The molecule has 202 valence electrons. The molecule has 10 N–H and O–H groups in total. The Hall–Kier alpha value is -3.17. The van der Waals surface area contributed by atoms with E-state index in [0.717, 1.165) is 0 Å². The number of nitrogens with two attached hydrogens (primary N) is 2. The fourth-order valence-electron chi connectivity index (χ4n) is 3.16. The van der Waals surface area contributed by atoms with Gasteiger partial charge in [-0.1, -0.05) is 0 Å². The Bertz CT molecular complexity index is 869. The zero-order chi connectivity index (χ0) is 27.1. The van der Waals surface area contributed by atoms with Crippen LogP contribution in [0.25, 0.3) is 0 Å². The van der Waals surface area contributed by atoms with E-state index in [1.807, 2.05) is 6.26 Å². The number of imidazole rings is 1. The highest BCUT2D eigenvalue weighted by molar-refractivity contribution is 7.98. The molecule has 0 aliphatic rings. The molecule has 0 aromatic carbocycles. The molecule has 0 fully saturated rings. The van der Waals surface area contributed by atoms with E-state index in [2.05, 4.69) is 25.9 Å². The summed E-state index contributed by atoms with van der Waals surface area (Å²) in [7, 11) is 0. The van der Waals surface area contributed by atoms with Crippen LogP contribution in [0.2, 0.25) is 0 Å². The van der Waals surface area contributed by atoms with Crippen molar-refractivity contribution in [1.29, 1.82) is 0 Å². The molecule has 4 atom stereocenters. The number of carboxylic acid groups (broad SMARTS) is 2. The van der Waals surface area contributed by atoms with Crippen molar-refractivity contribution in [2.24, 2.45) is 11.5 Å². The van der Waals surface area contributed by atoms with Gasteiger partial charge in [-0.2, -0.15) is 11.8 Å². The van der Waals surface area contributed by atoms with Gasteiger partial charge in [0.25, 0.3) is 0 Å². The van der Waals surface area contributed by atoms with Crippen LogP contribution in [0.5, 0.6) is 0 Å². The van der Waals surface area contributed by atoms with Gasteiger partial charge in [0.15, 0.2) is 0 Å². The fourth-order valence-corrected chi connectivity index (χ4v) is 3.65. The standard InChI is InChI=1S/C21H35N7O7S/c1-36-7-5-13(23)18(31)27-15(8-12-10-24-11-25-12)19(32)28-16(9-17(29)30)20(33)26-14(21(34)35)4-2-3-6-22/h10-11,13-16H,2-9,22-23H2,1H3,(H,24,25)(H,26,33)(H,27,31)(H,28,32)(H,29,30)(H,34,35). The third-order valence-corrected chi connectivity index (χ3v) is 5.80. The van der Waals surface area contributed by atoms with Crippen LogP contribution >= 0.6 is 11.8 Å². The van der Waals surface area contributed by atoms with E-state index >= 15 is 0 Å². The maximum atomic E-state index is 13.1. The van der Waals surface area contributed by atoms with Crippen LogP contribution < -0.4 is 27.4 Å². The number of carbonyl (C=O) groups is 5. The number of amides is 3. The number of rotatable bonds is 18. The maximum Gasteiger partial charge on any atom is 0.326 e. The molecule has 0 aliphatic heterocycles. The Balaban J connectivity index is 3.00. The van der Waals surface area contributed by atoms with Crippen molar-refractivity contribution < 1.29 is 34.2 Å². The summed E-state index contributed by atoms with van der Waals surface area (Å²) in [6, 6.07) is -4.95. The smallest absolute Gasteiger partial charge is 0.326 e. The van der Waals surface area contributed by atoms with Crippen LogP contribution in [0.15, 0.2) is 12.5 Å². The molecule has 14 nitrogen and oxygen atoms in total. The summed E-state index contributed by atoms with van der Waals surface area (Å²) in [6.07, 6.45) is 5.28. The second-order valence-corrected chi connectivity index (χ2v) is 9.06. The minimum atomic E-state index is -1.59. The van der Waals surface area contributed by atoms with Gasteiger partial charge >= 0.3 is 11.9 Å². The van der Waals surface area contributed by atoms with Crippen molar-refractivity contribution in [3.8, 4) is 0 Å². The summed E-state index contributed by atoms with van der Waals surface area (Å²) in [5, 5.41) is 25.8. The topological polar surface area (TPSA) is 243 Å². The summed E-state index contributed by atoms with van der Waals surface area (Å²) in [5.41, 5.74) is 11.8. The molecule has 0 bridgehead atoms. The molecule has 0 saturated heterocycles. The zero-order valence-corrected chi connectivity index (χ0v) is 20.9. The molecule has 1 aromatic heterocycles. The number of nitrogens with zero attached hydrogens (tertiary/aromatic N) is 1. The molecule has 1 rings (SSSR count). The first-order valence-corrected chi connectivity index (χ1v) is 12.8. The van der Waals surface area contributed by atoms with Crippen LogP contribution in [0.1, 0.15) is 37.8 Å². The lowest BCUT2D eigenvalue weighted by Gasteiger charge is -2.24. The molecule has 4 unspecified atom stereocenters. The predicted octanol–water partition coefficient (Wildman–Crippen LogP) is -1.82. The molecule has 3 amide bonds. The Morgan fingerprint density at radius 2 is 1.64 bits per heavy atom. The monoisotopic (exact) mass is 529 g/mol. The van der Waals surface area contributed by atoms with E-state index in [4.69, 9.17) is 11.5 Å². The SMILES string of the molecule is CSCCC(N)C(=O)NC(Cc1cnc[nH]1)C(=O)NC(CC(=O)O)C(=O)NC(CCCCN)C(=O)O. The van der Waals surface area contributed by atoms with Crippen LogP contribution in [-0.2, 0) is 30.4 Å². The number of H-pyrrole nitrogens is 1. The number of hydrogen-bond donors (Lipinski definition) is 8. The van der Waals surface area contributed by atoms with Crippen molar-refractivity contribution in [3.05, 3.63) is 18.2 Å². The van der Waals surface area contributed by atoms with Crippen molar-refractivity contribution in [3.63, 3.8) is 0 Å². The minimum Gasteiger partial charge on any atom is -0.481 e. The number of hydrogen-bond acceptors (Lipinski definition) is 9. The lowest BCUT2D eigenvalue weighted by atomic mass is 10.1. The molecule has 0 spiro atoms. The lowest BCUT2D eigenvalue weighted by molar-refractivity contribution is -0.143. The summed E-state index contributed by atoms with van der Waals surface area (Å²) in [5.74, 6) is -4.47. The minimum absolute atomic E-state index is 0.0366. The average Bonchev–Trinajstić information content (AvgIpc) is 3.33. The van der Waals surface area contributed by atoms with Crippen LogP contribution in [-0.4, -0.2) is 92.6 Å². The van der Waals surface area contributed by atoms with Crippen LogP contribution in [0, 0.1) is 0 Å². The first kappa shape index (κ1) is 30.9. The Morgan fingerprint density at radius 3 is 2.19 bits per heavy atom. The number of carboxylic acids is 2. The van der Waals surface area contributed by atoms with E-state index in [1.165, 1.54) is 24.3 Å². The number of carbonyl (C=O) groups excluding carboxylic acids is 3. The quantitative estimate of drug-likeness (QED) is 0.0983. The summed E-state index contributed by atoms with van der Waals surface area (Å²) in [4.78, 5) is 67.9. The van der Waals surface area contributed by atoms with Gasteiger partial charge in [0.05, 0.1) is 18.8 Å². The van der Waals surface area contributed by atoms with E-state index < -0.39 is 60.2 Å². The van der Waals surface area contributed by atoms with E-state index in [-0.39, 0.29) is 12.8 Å². The third kappa shape index (κ3) is 11.5.